The Kier molecular flexibility index (Phi) is 6.75. The summed E-state index contributed by atoms with van der Waals surface area (Å²) in [4.78, 5) is 12.5. The Labute approximate surface area is 176 Å². The van der Waals surface area contributed by atoms with Crippen LogP contribution in [-0.2, 0) is 0 Å². The minimum Gasteiger partial charge on any atom is -0.422 e. The van der Waals surface area contributed by atoms with Gasteiger partial charge in [-0.2, -0.15) is 0 Å². The van der Waals surface area contributed by atoms with E-state index in [1.54, 1.807) is 0 Å². The first kappa shape index (κ1) is 21.0. The van der Waals surface area contributed by atoms with Crippen molar-refractivity contribution in [3.05, 3.63) is 66.5 Å². The zero-order chi connectivity index (χ0) is 21.5. The third-order valence-electron chi connectivity index (χ3n) is 4.33. The van der Waals surface area contributed by atoms with Gasteiger partial charge in [-0.05, 0) is 57.0 Å². The summed E-state index contributed by atoms with van der Waals surface area (Å²) in [6.45, 7) is 12.1. The summed E-state index contributed by atoms with van der Waals surface area (Å²) >= 11 is 0. The van der Waals surface area contributed by atoms with Gasteiger partial charge in [0.2, 0.25) is 6.39 Å². The molecule has 0 amide bonds. The second-order valence-corrected chi connectivity index (χ2v) is 6.65. The second-order valence-electron chi connectivity index (χ2n) is 6.65. The van der Waals surface area contributed by atoms with Crippen LogP contribution in [0.3, 0.4) is 0 Å². The molecular formula is C23H26N6O. The summed E-state index contributed by atoms with van der Waals surface area (Å²) in [7, 11) is 0. The number of nitrogens with zero attached hydrogens (tertiary/aromatic N) is 4. The summed E-state index contributed by atoms with van der Waals surface area (Å²) in [6.07, 6.45) is 9.84. The van der Waals surface area contributed by atoms with Crippen LogP contribution in [0.25, 0.3) is 22.5 Å². The molecule has 0 radical (unpaired) electrons. The van der Waals surface area contributed by atoms with E-state index < -0.39 is 0 Å². The maximum atomic E-state index is 5.29. The molecule has 3 rings (SSSR count). The molecule has 2 N–H and O–H groups in total. The zero-order valence-electron chi connectivity index (χ0n) is 17.7. The molecule has 0 saturated carbocycles. The molecule has 0 atom stereocenters. The Morgan fingerprint density at radius 2 is 2.13 bits per heavy atom. The lowest BCUT2D eigenvalue weighted by atomic mass is 10.1. The molecule has 0 aliphatic rings. The number of aryl methyl sites for hydroxylation is 1. The number of allylic oxidation sites excluding steroid dienone is 3. The predicted octanol–water partition coefficient (Wildman–Crippen LogP) is 5.81. The van der Waals surface area contributed by atoms with Crippen molar-refractivity contribution in [2.75, 3.05) is 5.32 Å². The summed E-state index contributed by atoms with van der Waals surface area (Å²) in [5.74, 6) is 0.984. The van der Waals surface area contributed by atoms with E-state index >= 15 is 0 Å². The lowest BCUT2D eigenvalue weighted by Crippen LogP contribution is -2.03. The van der Waals surface area contributed by atoms with Gasteiger partial charge in [0.1, 0.15) is 11.5 Å². The quantitative estimate of drug-likeness (QED) is 0.465. The molecule has 7 nitrogen and oxygen atoms in total. The van der Waals surface area contributed by atoms with Gasteiger partial charge in [-0.1, -0.05) is 25.7 Å². The van der Waals surface area contributed by atoms with Crippen LogP contribution in [0.15, 0.2) is 75.3 Å². The highest BCUT2D eigenvalue weighted by molar-refractivity contribution is 6.09. The molecule has 0 aliphatic carbocycles. The lowest BCUT2D eigenvalue weighted by molar-refractivity contribution is 0.567. The van der Waals surface area contributed by atoms with Gasteiger partial charge in [0, 0.05) is 22.8 Å². The SMILES string of the molecule is C=C(/N=C(\C=C/C)C(=C/C)/N=CCC)Nc1cc(C)c2[nH]c(-c3nnco3)cc2c1. The number of aromatic amines is 1. The van der Waals surface area contributed by atoms with Crippen LogP contribution in [0, 0.1) is 6.92 Å². The van der Waals surface area contributed by atoms with Crippen molar-refractivity contribution in [2.24, 2.45) is 9.98 Å². The van der Waals surface area contributed by atoms with Crippen molar-refractivity contribution >= 4 is 28.5 Å². The summed E-state index contributed by atoms with van der Waals surface area (Å²) < 4.78 is 5.29. The van der Waals surface area contributed by atoms with E-state index in [9.17, 15) is 0 Å². The van der Waals surface area contributed by atoms with E-state index in [1.807, 2.05) is 70.3 Å². The molecule has 0 aliphatic heterocycles. The van der Waals surface area contributed by atoms with Crippen LogP contribution in [0.1, 0.15) is 32.8 Å². The monoisotopic (exact) mass is 402 g/mol. The Balaban J connectivity index is 1.88. The third-order valence-corrected chi connectivity index (χ3v) is 4.33. The Hall–Kier alpha value is -3.74. The van der Waals surface area contributed by atoms with Gasteiger partial charge in [0.15, 0.2) is 0 Å². The fraction of sp³-hybridized carbons (Fsp3) is 0.217. The van der Waals surface area contributed by atoms with E-state index in [-0.39, 0.29) is 0 Å². The van der Waals surface area contributed by atoms with Crippen LogP contribution in [0.5, 0.6) is 0 Å². The smallest absolute Gasteiger partial charge is 0.263 e. The van der Waals surface area contributed by atoms with Gasteiger partial charge in [0.25, 0.3) is 5.89 Å². The molecule has 0 spiro atoms. The number of hydrogen-bond acceptors (Lipinski definition) is 6. The maximum Gasteiger partial charge on any atom is 0.263 e. The predicted molar refractivity (Wildman–Crippen MR) is 124 cm³/mol. The largest absolute Gasteiger partial charge is 0.422 e. The Morgan fingerprint density at radius 1 is 1.30 bits per heavy atom. The summed E-state index contributed by atoms with van der Waals surface area (Å²) in [5, 5.41) is 12.0. The molecule has 7 heteroatoms. The third kappa shape index (κ3) is 4.81. The number of nitrogens with one attached hydrogen (secondary N) is 2. The van der Waals surface area contributed by atoms with Crippen molar-refractivity contribution in [3.63, 3.8) is 0 Å². The van der Waals surface area contributed by atoms with E-state index in [2.05, 4.69) is 37.1 Å². The molecule has 0 saturated heterocycles. The van der Waals surface area contributed by atoms with Gasteiger partial charge < -0.3 is 14.7 Å². The van der Waals surface area contributed by atoms with Crippen LogP contribution < -0.4 is 5.32 Å². The van der Waals surface area contributed by atoms with Crippen molar-refractivity contribution in [1.82, 2.24) is 15.2 Å². The average Bonchev–Trinajstić information content (AvgIpc) is 3.38. The molecule has 2 heterocycles. The van der Waals surface area contributed by atoms with Crippen molar-refractivity contribution in [1.29, 1.82) is 0 Å². The van der Waals surface area contributed by atoms with Gasteiger partial charge in [-0.25, -0.2) is 4.99 Å². The fourth-order valence-corrected chi connectivity index (χ4v) is 3.06. The summed E-state index contributed by atoms with van der Waals surface area (Å²) in [6, 6.07) is 6.05. The first-order valence-corrected chi connectivity index (χ1v) is 9.82. The molecule has 3 aromatic rings. The van der Waals surface area contributed by atoms with Crippen LogP contribution in [-0.4, -0.2) is 27.1 Å². The molecule has 2 aromatic heterocycles. The van der Waals surface area contributed by atoms with Gasteiger partial charge in [-0.15, -0.1) is 10.2 Å². The minimum atomic E-state index is 0.455. The van der Waals surface area contributed by atoms with Crippen LogP contribution in [0.4, 0.5) is 5.69 Å². The molecular weight excluding hydrogens is 376 g/mol. The van der Waals surface area contributed by atoms with Crippen molar-refractivity contribution in [2.45, 2.75) is 34.1 Å². The van der Waals surface area contributed by atoms with Gasteiger partial charge in [0.05, 0.1) is 11.4 Å². The van der Waals surface area contributed by atoms with Crippen molar-refractivity contribution < 1.29 is 4.42 Å². The molecule has 0 unspecified atom stereocenters. The normalized spacial score (nSPS) is 13.1. The number of fused-ring (bicyclic) bond motifs is 1. The van der Waals surface area contributed by atoms with Crippen LogP contribution in [0.2, 0.25) is 0 Å². The Morgan fingerprint density at radius 3 is 2.80 bits per heavy atom. The first-order valence-electron chi connectivity index (χ1n) is 9.82. The highest BCUT2D eigenvalue weighted by atomic mass is 16.4. The second kappa shape index (κ2) is 9.65. The van der Waals surface area contributed by atoms with E-state index in [0.717, 1.165) is 45.7 Å². The maximum absolute atomic E-state index is 5.29. The Bertz CT molecular complexity index is 1150. The first-order chi connectivity index (χ1) is 14.5. The molecule has 30 heavy (non-hydrogen) atoms. The number of aliphatic imine (C=N–C) groups is 2. The standard InChI is InChI=1S/C23H26N6O/c1-6-9-20(19(8-3)24-10-7-2)27-16(5)26-18-11-15(4)22-17(12-18)13-21(28-22)23-29-25-14-30-23/h6,8-14,26,28H,5,7H2,1-4H3/b9-6-,19-8-,24-10?,27-20+. The fourth-order valence-electron chi connectivity index (χ4n) is 3.06. The topological polar surface area (TPSA) is 91.5 Å². The number of anilines is 1. The highest BCUT2D eigenvalue weighted by Crippen LogP contribution is 2.28. The number of hydrogen-bond donors (Lipinski definition) is 2. The van der Waals surface area contributed by atoms with E-state index in [0.29, 0.717) is 11.7 Å². The van der Waals surface area contributed by atoms with Crippen LogP contribution >= 0.6 is 0 Å². The minimum absolute atomic E-state index is 0.455. The highest BCUT2D eigenvalue weighted by Gasteiger charge is 2.11. The van der Waals surface area contributed by atoms with E-state index in [1.165, 1.54) is 6.39 Å². The lowest BCUT2D eigenvalue weighted by Gasteiger charge is -2.09. The van der Waals surface area contributed by atoms with Gasteiger partial charge in [-0.3, -0.25) is 4.99 Å². The number of aromatic nitrogens is 3. The van der Waals surface area contributed by atoms with E-state index in [4.69, 9.17) is 4.42 Å². The molecule has 1 aromatic carbocycles. The average molecular weight is 403 g/mol. The number of rotatable bonds is 8. The number of benzene rings is 1. The van der Waals surface area contributed by atoms with Gasteiger partial charge >= 0.3 is 0 Å². The molecule has 0 fully saturated rings. The number of H-pyrrole nitrogens is 1. The zero-order valence-corrected chi connectivity index (χ0v) is 17.7. The molecule has 154 valence electrons. The molecule has 0 bridgehead atoms. The summed E-state index contributed by atoms with van der Waals surface area (Å²) in [5.41, 5.74) is 5.32. The van der Waals surface area contributed by atoms with Crippen molar-refractivity contribution in [3.8, 4) is 11.6 Å².